The molecule has 170 valence electrons. The van der Waals surface area contributed by atoms with Crippen molar-refractivity contribution >= 4 is 11.4 Å². The summed E-state index contributed by atoms with van der Waals surface area (Å²) < 4.78 is 30.8. The fourth-order valence-corrected chi connectivity index (χ4v) is 4.88. The number of nitrogens with one attached hydrogen (secondary N) is 2. The largest absolute Gasteiger partial charge is 0.345 e. The summed E-state index contributed by atoms with van der Waals surface area (Å²) in [7, 11) is 0. The van der Waals surface area contributed by atoms with E-state index in [1.807, 2.05) is 13.8 Å². The van der Waals surface area contributed by atoms with Gasteiger partial charge in [0.15, 0.2) is 0 Å². The van der Waals surface area contributed by atoms with E-state index in [4.69, 9.17) is 0 Å². The minimum atomic E-state index is -0.644. The highest BCUT2D eigenvalue weighted by atomic mass is 19.1. The third-order valence-electron chi connectivity index (χ3n) is 6.36. The van der Waals surface area contributed by atoms with E-state index in [2.05, 4.69) is 20.6 Å². The summed E-state index contributed by atoms with van der Waals surface area (Å²) in [4.78, 5) is 13.4. The molecule has 1 aliphatic carbocycles. The fourth-order valence-electron chi connectivity index (χ4n) is 4.88. The molecule has 0 radical (unpaired) electrons. The maximum atomic E-state index is 14.6. The van der Waals surface area contributed by atoms with Crippen LogP contribution in [0.3, 0.4) is 0 Å². The molecule has 0 bridgehead atoms. The predicted octanol–water partition coefficient (Wildman–Crippen LogP) is 5.24. The second-order valence-corrected chi connectivity index (χ2v) is 8.86. The molecule has 1 aliphatic rings. The standard InChI is InChI=1S/C25H25F2N5O/c1-13(2)24-15(25(33)29-19-8-5-9-20-16(19)12-28-30-20)10-11-21-22(14(3)31-32(21)24)23-17(26)6-4-7-18(23)27/h4,6-7,10-13,19H,5,8-9H2,1-3H3,(H,28,30)(H,29,33). The zero-order valence-corrected chi connectivity index (χ0v) is 18.7. The van der Waals surface area contributed by atoms with Gasteiger partial charge < -0.3 is 5.32 Å². The number of aromatic amines is 1. The minimum absolute atomic E-state index is 0.0529. The van der Waals surface area contributed by atoms with Crippen molar-refractivity contribution in [2.75, 3.05) is 0 Å². The molecule has 0 aliphatic heterocycles. The molecule has 3 aromatic heterocycles. The Morgan fingerprint density at radius 2 is 1.94 bits per heavy atom. The lowest BCUT2D eigenvalue weighted by Crippen LogP contribution is -2.32. The van der Waals surface area contributed by atoms with Gasteiger partial charge in [0.2, 0.25) is 0 Å². The first-order chi connectivity index (χ1) is 15.9. The zero-order valence-electron chi connectivity index (χ0n) is 18.7. The molecular formula is C25H25F2N5O. The molecule has 0 spiro atoms. The number of aromatic nitrogens is 4. The summed E-state index contributed by atoms with van der Waals surface area (Å²) in [5, 5.41) is 14.9. The number of H-pyrrole nitrogens is 1. The topological polar surface area (TPSA) is 75.1 Å². The summed E-state index contributed by atoms with van der Waals surface area (Å²) in [6.07, 6.45) is 4.51. The van der Waals surface area contributed by atoms with E-state index in [0.29, 0.717) is 28.0 Å². The number of hydrogen-bond acceptors (Lipinski definition) is 3. The van der Waals surface area contributed by atoms with Crippen LogP contribution in [0.1, 0.15) is 71.7 Å². The Balaban J connectivity index is 1.61. The Kier molecular flexibility index (Phi) is 5.23. The number of carbonyl (C=O) groups is 1. The van der Waals surface area contributed by atoms with Gasteiger partial charge >= 0.3 is 0 Å². The maximum absolute atomic E-state index is 14.6. The van der Waals surface area contributed by atoms with Gasteiger partial charge in [-0.2, -0.15) is 10.2 Å². The van der Waals surface area contributed by atoms with Crippen LogP contribution in [0.15, 0.2) is 36.5 Å². The van der Waals surface area contributed by atoms with Crippen molar-refractivity contribution < 1.29 is 13.6 Å². The van der Waals surface area contributed by atoms with Gasteiger partial charge in [0.1, 0.15) is 11.6 Å². The highest BCUT2D eigenvalue weighted by Crippen LogP contribution is 2.35. The lowest BCUT2D eigenvalue weighted by atomic mass is 9.92. The average molecular weight is 450 g/mol. The summed E-state index contributed by atoms with van der Waals surface area (Å²) in [5.41, 5.74) is 4.62. The molecule has 1 unspecified atom stereocenters. The molecule has 5 rings (SSSR count). The third kappa shape index (κ3) is 3.50. The van der Waals surface area contributed by atoms with Crippen LogP contribution in [0, 0.1) is 18.6 Å². The van der Waals surface area contributed by atoms with E-state index in [-0.39, 0.29) is 23.4 Å². The van der Waals surface area contributed by atoms with Crippen LogP contribution in [0.2, 0.25) is 0 Å². The van der Waals surface area contributed by atoms with Crippen molar-refractivity contribution in [3.05, 3.63) is 76.4 Å². The molecule has 0 saturated carbocycles. The van der Waals surface area contributed by atoms with Gasteiger partial charge in [0.05, 0.1) is 40.3 Å². The second kappa shape index (κ2) is 8.10. The van der Waals surface area contributed by atoms with E-state index in [9.17, 15) is 13.6 Å². The smallest absolute Gasteiger partial charge is 0.253 e. The molecular weight excluding hydrogens is 424 g/mol. The van der Waals surface area contributed by atoms with Gasteiger partial charge in [-0.1, -0.05) is 19.9 Å². The van der Waals surface area contributed by atoms with E-state index in [1.54, 1.807) is 29.8 Å². The first-order valence-corrected chi connectivity index (χ1v) is 11.2. The Bertz CT molecular complexity index is 1350. The molecule has 33 heavy (non-hydrogen) atoms. The van der Waals surface area contributed by atoms with E-state index in [1.165, 1.54) is 18.2 Å². The van der Waals surface area contributed by atoms with Crippen molar-refractivity contribution in [2.24, 2.45) is 0 Å². The lowest BCUT2D eigenvalue weighted by molar-refractivity contribution is 0.0930. The maximum Gasteiger partial charge on any atom is 0.253 e. The first-order valence-electron chi connectivity index (χ1n) is 11.2. The molecule has 8 heteroatoms. The summed E-state index contributed by atoms with van der Waals surface area (Å²) in [6.45, 7) is 5.67. The van der Waals surface area contributed by atoms with Gasteiger partial charge in [0.25, 0.3) is 5.91 Å². The van der Waals surface area contributed by atoms with Crippen molar-refractivity contribution in [3.8, 4) is 11.1 Å². The van der Waals surface area contributed by atoms with Crippen LogP contribution in [-0.4, -0.2) is 25.7 Å². The first kappa shape index (κ1) is 21.3. The van der Waals surface area contributed by atoms with Gasteiger partial charge in [-0.05, 0) is 56.4 Å². The van der Waals surface area contributed by atoms with Crippen LogP contribution in [0.25, 0.3) is 16.6 Å². The predicted molar refractivity (Wildman–Crippen MR) is 121 cm³/mol. The number of aryl methyl sites for hydroxylation is 2. The minimum Gasteiger partial charge on any atom is -0.345 e. The number of nitrogens with zero attached hydrogens (tertiary/aromatic N) is 3. The summed E-state index contributed by atoms with van der Waals surface area (Å²) >= 11 is 0. The molecule has 6 nitrogen and oxygen atoms in total. The number of carbonyl (C=O) groups excluding carboxylic acids is 1. The number of amides is 1. The Labute approximate surface area is 190 Å². The number of hydrogen-bond donors (Lipinski definition) is 2. The van der Waals surface area contributed by atoms with E-state index >= 15 is 0 Å². The van der Waals surface area contributed by atoms with E-state index in [0.717, 1.165) is 30.5 Å². The van der Waals surface area contributed by atoms with Crippen molar-refractivity contribution in [1.29, 1.82) is 0 Å². The van der Waals surface area contributed by atoms with Crippen LogP contribution in [-0.2, 0) is 6.42 Å². The molecule has 4 aromatic rings. The number of fused-ring (bicyclic) bond motifs is 2. The van der Waals surface area contributed by atoms with Crippen molar-refractivity contribution in [1.82, 2.24) is 25.1 Å². The quantitative estimate of drug-likeness (QED) is 0.447. The van der Waals surface area contributed by atoms with Crippen LogP contribution >= 0.6 is 0 Å². The molecule has 1 aromatic carbocycles. The van der Waals surface area contributed by atoms with E-state index < -0.39 is 11.6 Å². The highest BCUT2D eigenvalue weighted by Gasteiger charge is 2.27. The van der Waals surface area contributed by atoms with Gasteiger partial charge in [-0.25, -0.2) is 13.3 Å². The Morgan fingerprint density at radius 3 is 2.67 bits per heavy atom. The third-order valence-corrected chi connectivity index (χ3v) is 6.36. The molecule has 3 heterocycles. The molecule has 2 N–H and O–H groups in total. The number of rotatable bonds is 4. The van der Waals surface area contributed by atoms with Crippen LogP contribution in [0.4, 0.5) is 8.78 Å². The molecule has 1 amide bonds. The summed E-state index contributed by atoms with van der Waals surface area (Å²) in [6, 6.07) is 7.14. The number of pyridine rings is 1. The van der Waals surface area contributed by atoms with Gasteiger partial charge in [-0.3, -0.25) is 9.89 Å². The fraction of sp³-hybridized carbons (Fsp3) is 0.320. The van der Waals surface area contributed by atoms with Crippen LogP contribution < -0.4 is 5.32 Å². The average Bonchev–Trinajstić information content (AvgIpc) is 3.38. The Morgan fingerprint density at radius 1 is 1.18 bits per heavy atom. The summed E-state index contributed by atoms with van der Waals surface area (Å²) in [5.74, 6) is -1.54. The number of halogens is 2. The van der Waals surface area contributed by atoms with Crippen molar-refractivity contribution in [3.63, 3.8) is 0 Å². The second-order valence-electron chi connectivity index (χ2n) is 8.86. The van der Waals surface area contributed by atoms with Crippen molar-refractivity contribution in [2.45, 2.75) is 52.0 Å². The molecule has 0 fully saturated rings. The van der Waals surface area contributed by atoms with Gasteiger partial charge in [-0.15, -0.1) is 0 Å². The van der Waals surface area contributed by atoms with Crippen LogP contribution in [0.5, 0.6) is 0 Å². The number of benzene rings is 1. The molecule has 1 atom stereocenters. The normalized spacial score (nSPS) is 15.8. The monoisotopic (exact) mass is 449 g/mol. The lowest BCUT2D eigenvalue weighted by Gasteiger charge is -2.24. The Hall–Kier alpha value is -3.55. The molecule has 0 saturated heterocycles. The van der Waals surface area contributed by atoms with Gasteiger partial charge in [0, 0.05) is 16.8 Å². The zero-order chi connectivity index (χ0) is 23.3. The highest BCUT2D eigenvalue weighted by molar-refractivity contribution is 5.97. The SMILES string of the molecule is Cc1nn2c(C(C)C)c(C(=O)NC3CCCc4[nH]ncc43)ccc2c1-c1c(F)cccc1F.